The van der Waals surface area contributed by atoms with Gasteiger partial charge in [-0.1, -0.05) is 28.1 Å². The molecule has 0 spiro atoms. The Balaban J connectivity index is 1.91. The van der Waals surface area contributed by atoms with Gasteiger partial charge in [-0.05, 0) is 47.9 Å². The number of benzene rings is 2. The maximum atomic E-state index is 10.4. The van der Waals surface area contributed by atoms with Gasteiger partial charge in [0.25, 0.3) is 0 Å². The van der Waals surface area contributed by atoms with Crippen molar-refractivity contribution in [3.63, 3.8) is 0 Å². The van der Waals surface area contributed by atoms with Crippen LogP contribution < -0.4 is 5.32 Å². The lowest BCUT2D eigenvalue weighted by molar-refractivity contribution is -0.137. The average Bonchev–Trinajstić information content (AvgIpc) is 2.38. The number of carboxylic acids is 1. The molecule has 0 aromatic heterocycles. The normalized spacial score (nSPS) is 10.6. The molecule has 0 aliphatic carbocycles. The maximum Gasteiger partial charge on any atom is 0.303 e. The molecule has 0 unspecified atom stereocenters. The van der Waals surface area contributed by atoms with Crippen LogP contribution in [-0.2, 0) is 4.79 Å². The van der Waals surface area contributed by atoms with Gasteiger partial charge in [0.1, 0.15) is 0 Å². The molecule has 2 aromatic carbocycles. The summed E-state index contributed by atoms with van der Waals surface area (Å²) in [6, 6.07) is 12.4. The van der Waals surface area contributed by atoms with Crippen LogP contribution >= 0.6 is 15.9 Å². The average molecular weight is 322 g/mol. The molecule has 0 fully saturated rings. The third-order valence-corrected chi connectivity index (χ3v) is 3.44. The van der Waals surface area contributed by atoms with E-state index in [4.69, 9.17) is 5.11 Å². The molecule has 0 saturated carbocycles. The van der Waals surface area contributed by atoms with Crippen molar-refractivity contribution in [2.24, 2.45) is 0 Å². The highest BCUT2D eigenvalue weighted by atomic mass is 79.9. The molecule has 4 heteroatoms. The summed E-state index contributed by atoms with van der Waals surface area (Å²) in [5, 5.41) is 14.3. The Kier molecular flexibility index (Phi) is 4.80. The maximum absolute atomic E-state index is 10.4. The number of aliphatic carboxylic acids is 1. The van der Waals surface area contributed by atoms with Crippen molar-refractivity contribution >= 4 is 38.4 Å². The fourth-order valence-corrected chi connectivity index (χ4v) is 2.34. The van der Waals surface area contributed by atoms with Crippen molar-refractivity contribution in [2.75, 3.05) is 11.9 Å². The number of unbranched alkanes of at least 4 members (excludes halogenated alkanes) is 1. The molecular weight excluding hydrogens is 306 g/mol. The molecule has 0 bridgehead atoms. The predicted octanol–water partition coefficient (Wildman–Crippen LogP) is 4.27. The second kappa shape index (κ2) is 6.57. The van der Waals surface area contributed by atoms with E-state index in [0.29, 0.717) is 6.42 Å². The fourth-order valence-electron chi connectivity index (χ4n) is 1.96. The number of hydrogen-bond donors (Lipinski definition) is 2. The van der Waals surface area contributed by atoms with Crippen LogP contribution in [0.4, 0.5) is 5.69 Å². The second-order valence-electron chi connectivity index (χ2n) is 4.48. The van der Waals surface area contributed by atoms with Crippen LogP contribution in [0.25, 0.3) is 10.8 Å². The van der Waals surface area contributed by atoms with Crippen molar-refractivity contribution in [3.05, 3.63) is 40.9 Å². The Morgan fingerprint density at radius 1 is 1.11 bits per heavy atom. The molecule has 0 amide bonds. The Morgan fingerprint density at radius 3 is 2.63 bits per heavy atom. The van der Waals surface area contributed by atoms with Crippen LogP contribution in [0.2, 0.25) is 0 Å². The van der Waals surface area contributed by atoms with Gasteiger partial charge in [0, 0.05) is 23.1 Å². The molecule has 0 saturated heterocycles. The molecule has 0 heterocycles. The Bertz CT molecular complexity index is 583. The first-order chi connectivity index (χ1) is 9.15. The van der Waals surface area contributed by atoms with E-state index in [1.807, 2.05) is 12.1 Å². The summed E-state index contributed by atoms with van der Waals surface area (Å²) < 4.78 is 1.08. The molecule has 0 aliphatic heterocycles. The standard InChI is InChI=1S/C15H16BrNO2/c16-13-6-4-12-10-14(7-5-11(12)9-13)17-8-2-1-3-15(18)19/h4-7,9-10,17H,1-3,8H2,(H,18,19). The van der Waals surface area contributed by atoms with Gasteiger partial charge >= 0.3 is 5.97 Å². The highest BCUT2D eigenvalue weighted by molar-refractivity contribution is 9.10. The molecule has 2 rings (SSSR count). The summed E-state index contributed by atoms with van der Waals surface area (Å²) in [5.41, 5.74) is 1.07. The van der Waals surface area contributed by atoms with Crippen LogP contribution in [0.1, 0.15) is 19.3 Å². The van der Waals surface area contributed by atoms with Crippen molar-refractivity contribution in [1.29, 1.82) is 0 Å². The molecule has 2 aromatic rings. The smallest absolute Gasteiger partial charge is 0.303 e. The topological polar surface area (TPSA) is 49.3 Å². The Hall–Kier alpha value is -1.55. The zero-order chi connectivity index (χ0) is 13.7. The van der Waals surface area contributed by atoms with Gasteiger partial charge < -0.3 is 10.4 Å². The van der Waals surface area contributed by atoms with E-state index in [9.17, 15) is 4.79 Å². The van der Waals surface area contributed by atoms with Gasteiger partial charge in [0.15, 0.2) is 0 Å². The fraction of sp³-hybridized carbons (Fsp3) is 0.267. The number of nitrogens with one attached hydrogen (secondary N) is 1. The zero-order valence-electron chi connectivity index (χ0n) is 10.5. The molecule has 0 atom stereocenters. The van der Waals surface area contributed by atoms with E-state index in [0.717, 1.165) is 23.1 Å². The number of rotatable bonds is 6. The van der Waals surface area contributed by atoms with Crippen molar-refractivity contribution < 1.29 is 9.90 Å². The van der Waals surface area contributed by atoms with E-state index in [1.54, 1.807) is 0 Å². The van der Waals surface area contributed by atoms with E-state index in [2.05, 4.69) is 45.5 Å². The van der Waals surface area contributed by atoms with Crippen LogP contribution in [0.5, 0.6) is 0 Å². The van der Waals surface area contributed by atoms with Gasteiger partial charge in [-0.15, -0.1) is 0 Å². The van der Waals surface area contributed by atoms with Gasteiger partial charge in [-0.3, -0.25) is 4.79 Å². The first kappa shape index (κ1) is 13.9. The molecule has 0 aliphatic rings. The third-order valence-electron chi connectivity index (χ3n) is 2.95. The quantitative estimate of drug-likeness (QED) is 0.781. The highest BCUT2D eigenvalue weighted by Gasteiger charge is 1.99. The first-order valence-electron chi connectivity index (χ1n) is 6.30. The first-order valence-corrected chi connectivity index (χ1v) is 7.09. The van der Waals surface area contributed by atoms with Gasteiger partial charge in [-0.25, -0.2) is 0 Å². The van der Waals surface area contributed by atoms with Gasteiger partial charge in [0.2, 0.25) is 0 Å². The monoisotopic (exact) mass is 321 g/mol. The number of halogens is 1. The molecule has 3 nitrogen and oxygen atoms in total. The van der Waals surface area contributed by atoms with E-state index < -0.39 is 5.97 Å². The minimum atomic E-state index is -0.726. The third kappa shape index (κ3) is 4.24. The minimum absolute atomic E-state index is 0.243. The summed E-state index contributed by atoms with van der Waals surface area (Å²) in [4.78, 5) is 10.4. The zero-order valence-corrected chi connectivity index (χ0v) is 12.1. The lowest BCUT2D eigenvalue weighted by Gasteiger charge is -2.07. The number of carboxylic acid groups (broad SMARTS) is 1. The summed E-state index contributed by atoms with van der Waals surface area (Å²) in [7, 11) is 0. The van der Waals surface area contributed by atoms with Crippen molar-refractivity contribution in [1.82, 2.24) is 0 Å². The lowest BCUT2D eigenvalue weighted by atomic mass is 10.1. The Morgan fingerprint density at radius 2 is 1.84 bits per heavy atom. The molecule has 0 radical (unpaired) electrons. The molecule has 19 heavy (non-hydrogen) atoms. The number of anilines is 1. The summed E-state index contributed by atoms with van der Waals surface area (Å²) in [6.45, 7) is 0.801. The van der Waals surface area contributed by atoms with E-state index in [1.165, 1.54) is 10.8 Å². The largest absolute Gasteiger partial charge is 0.481 e. The number of hydrogen-bond acceptors (Lipinski definition) is 2. The summed E-state index contributed by atoms with van der Waals surface area (Å²) >= 11 is 3.46. The summed E-state index contributed by atoms with van der Waals surface area (Å²) in [5.74, 6) is -0.726. The van der Waals surface area contributed by atoms with Crippen molar-refractivity contribution in [2.45, 2.75) is 19.3 Å². The van der Waals surface area contributed by atoms with Crippen molar-refractivity contribution in [3.8, 4) is 0 Å². The number of fused-ring (bicyclic) bond motifs is 1. The van der Waals surface area contributed by atoms with Gasteiger partial charge in [0.05, 0.1) is 0 Å². The van der Waals surface area contributed by atoms with E-state index >= 15 is 0 Å². The lowest BCUT2D eigenvalue weighted by Crippen LogP contribution is -2.03. The van der Waals surface area contributed by atoms with Crippen LogP contribution in [0.3, 0.4) is 0 Å². The highest BCUT2D eigenvalue weighted by Crippen LogP contribution is 2.22. The molecule has 100 valence electrons. The van der Waals surface area contributed by atoms with E-state index in [-0.39, 0.29) is 6.42 Å². The van der Waals surface area contributed by atoms with Crippen LogP contribution in [0, 0.1) is 0 Å². The SMILES string of the molecule is O=C(O)CCCCNc1ccc2cc(Br)ccc2c1. The summed E-state index contributed by atoms with van der Waals surface area (Å²) in [6.07, 6.45) is 1.82. The van der Waals surface area contributed by atoms with Crippen LogP contribution in [-0.4, -0.2) is 17.6 Å². The second-order valence-corrected chi connectivity index (χ2v) is 5.40. The Labute approximate surface area is 120 Å². The predicted molar refractivity (Wildman–Crippen MR) is 81.6 cm³/mol. The number of carbonyl (C=O) groups is 1. The minimum Gasteiger partial charge on any atom is -0.481 e. The van der Waals surface area contributed by atoms with Crippen LogP contribution in [0.15, 0.2) is 40.9 Å². The van der Waals surface area contributed by atoms with Gasteiger partial charge in [-0.2, -0.15) is 0 Å². The molecule has 2 N–H and O–H groups in total. The molecular formula is C15H16BrNO2.